The second-order valence-electron chi connectivity index (χ2n) is 4.50. The van der Waals surface area contributed by atoms with Gasteiger partial charge < -0.3 is 10.1 Å². The maximum absolute atomic E-state index is 11.7. The quantitative estimate of drug-likeness (QED) is 0.897. The first-order valence-electron chi connectivity index (χ1n) is 6.36. The van der Waals surface area contributed by atoms with Crippen LogP contribution >= 0.6 is 27.3 Å². The second-order valence-corrected chi connectivity index (χ2v) is 6.35. The van der Waals surface area contributed by atoms with Gasteiger partial charge in [-0.3, -0.25) is 4.79 Å². The van der Waals surface area contributed by atoms with Gasteiger partial charge in [0, 0.05) is 22.4 Å². The Morgan fingerprint density at radius 2 is 2.44 bits per heavy atom. The molecule has 3 nitrogen and oxygen atoms in total. The van der Waals surface area contributed by atoms with Crippen molar-refractivity contribution in [2.75, 3.05) is 6.61 Å². The van der Waals surface area contributed by atoms with Crippen molar-refractivity contribution in [2.24, 2.45) is 0 Å². The highest BCUT2D eigenvalue weighted by Gasteiger charge is 2.15. The van der Waals surface area contributed by atoms with Crippen molar-refractivity contribution in [3.05, 3.63) is 20.8 Å². The summed E-state index contributed by atoms with van der Waals surface area (Å²) in [5.41, 5.74) is 0. The Balaban J connectivity index is 1.64. The van der Waals surface area contributed by atoms with Crippen LogP contribution in [0.5, 0.6) is 0 Å². The monoisotopic (exact) mass is 331 g/mol. The van der Waals surface area contributed by atoms with Crippen molar-refractivity contribution in [1.82, 2.24) is 5.32 Å². The number of halogens is 1. The Kier molecular flexibility index (Phi) is 5.66. The van der Waals surface area contributed by atoms with Gasteiger partial charge in [0.25, 0.3) is 0 Å². The molecule has 2 rings (SSSR count). The number of hydrogen-bond acceptors (Lipinski definition) is 3. The maximum Gasteiger partial charge on any atom is 0.220 e. The largest absolute Gasteiger partial charge is 0.378 e. The molecule has 18 heavy (non-hydrogen) atoms. The van der Waals surface area contributed by atoms with E-state index in [0.29, 0.717) is 13.0 Å². The van der Waals surface area contributed by atoms with Crippen LogP contribution in [0.2, 0.25) is 0 Å². The van der Waals surface area contributed by atoms with E-state index >= 15 is 0 Å². The van der Waals surface area contributed by atoms with E-state index in [9.17, 15) is 4.79 Å². The summed E-state index contributed by atoms with van der Waals surface area (Å²) in [6.45, 7) is 1.47. The summed E-state index contributed by atoms with van der Waals surface area (Å²) in [7, 11) is 0. The molecule has 1 fully saturated rings. The van der Waals surface area contributed by atoms with Crippen molar-refractivity contribution in [2.45, 2.75) is 44.8 Å². The first-order valence-corrected chi connectivity index (χ1v) is 8.03. The van der Waals surface area contributed by atoms with Crippen LogP contribution in [0.3, 0.4) is 0 Å². The van der Waals surface area contributed by atoms with Crippen LogP contribution in [0.25, 0.3) is 0 Å². The molecular weight excluding hydrogens is 314 g/mol. The molecule has 5 heteroatoms. The lowest BCUT2D eigenvalue weighted by Gasteiger charge is -2.22. The number of hydrogen-bond donors (Lipinski definition) is 1. The standard InChI is InChI=1S/C13H18BrNO2S/c14-11-6-8-18-12(11)9-15-13(16)5-4-10-3-1-2-7-17-10/h6,8,10H,1-5,7,9H2,(H,15,16). The third kappa shape index (κ3) is 4.37. The average Bonchev–Trinajstić information content (AvgIpc) is 2.81. The minimum absolute atomic E-state index is 0.115. The highest BCUT2D eigenvalue weighted by molar-refractivity contribution is 9.10. The molecule has 0 radical (unpaired) electrons. The first-order chi connectivity index (χ1) is 8.75. The Bertz CT molecular complexity index is 388. The summed E-state index contributed by atoms with van der Waals surface area (Å²) in [5, 5.41) is 4.97. The van der Waals surface area contributed by atoms with Crippen molar-refractivity contribution < 1.29 is 9.53 Å². The summed E-state index contributed by atoms with van der Waals surface area (Å²) in [4.78, 5) is 12.9. The molecular formula is C13H18BrNO2S. The van der Waals surface area contributed by atoms with Crippen LogP contribution < -0.4 is 5.32 Å². The second kappa shape index (κ2) is 7.26. The Morgan fingerprint density at radius 3 is 3.11 bits per heavy atom. The molecule has 0 saturated carbocycles. The SMILES string of the molecule is O=C(CCC1CCCCO1)NCc1sccc1Br. The van der Waals surface area contributed by atoms with Crippen LogP contribution in [0.1, 0.15) is 37.0 Å². The van der Waals surface area contributed by atoms with E-state index in [0.717, 1.165) is 35.2 Å². The lowest BCUT2D eigenvalue weighted by Crippen LogP contribution is -2.25. The summed E-state index contributed by atoms with van der Waals surface area (Å²) < 4.78 is 6.68. The number of rotatable bonds is 5. The van der Waals surface area contributed by atoms with Gasteiger partial charge in [-0.1, -0.05) is 0 Å². The predicted molar refractivity (Wildman–Crippen MR) is 76.7 cm³/mol. The van der Waals surface area contributed by atoms with Crippen LogP contribution in [-0.2, 0) is 16.1 Å². The van der Waals surface area contributed by atoms with E-state index in [1.807, 2.05) is 11.4 Å². The summed E-state index contributed by atoms with van der Waals surface area (Å²) >= 11 is 5.11. The third-order valence-electron chi connectivity index (χ3n) is 3.10. The fourth-order valence-electron chi connectivity index (χ4n) is 2.05. The zero-order chi connectivity index (χ0) is 12.8. The number of carbonyl (C=O) groups excluding carboxylic acids is 1. The summed E-state index contributed by atoms with van der Waals surface area (Å²) in [6, 6.07) is 2.00. The van der Waals surface area contributed by atoms with Gasteiger partial charge in [-0.05, 0) is 53.1 Å². The molecule has 0 bridgehead atoms. The van der Waals surface area contributed by atoms with E-state index in [1.165, 1.54) is 6.42 Å². The fourth-order valence-corrected chi connectivity index (χ4v) is 3.48. The number of carbonyl (C=O) groups is 1. The van der Waals surface area contributed by atoms with E-state index in [-0.39, 0.29) is 12.0 Å². The van der Waals surface area contributed by atoms with Crippen molar-refractivity contribution in [3.8, 4) is 0 Å². The van der Waals surface area contributed by atoms with Gasteiger partial charge in [-0.25, -0.2) is 0 Å². The normalized spacial score (nSPS) is 19.7. The highest BCUT2D eigenvalue weighted by Crippen LogP contribution is 2.22. The molecule has 1 aliphatic rings. The van der Waals surface area contributed by atoms with Gasteiger partial charge in [0.1, 0.15) is 0 Å². The molecule has 0 aromatic carbocycles. The van der Waals surface area contributed by atoms with E-state index in [2.05, 4.69) is 21.2 Å². The van der Waals surface area contributed by atoms with Gasteiger partial charge in [-0.15, -0.1) is 11.3 Å². The number of amides is 1. The molecule has 0 spiro atoms. The maximum atomic E-state index is 11.7. The molecule has 1 amide bonds. The molecule has 1 N–H and O–H groups in total. The van der Waals surface area contributed by atoms with Gasteiger partial charge in [0.05, 0.1) is 12.6 Å². The first kappa shape index (κ1) is 14.0. The lowest BCUT2D eigenvalue weighted by molar-refractivity contribution is -0.122. The molecule has 1 aliphatic heterocycles. The molecule has 1 aromatic rings. The Hall–Kier alpha value is -0.390. The van der Waals surface area contributed by atoms with Crippen molar-refractivity contribution in [1.29, 1.82) is 0 Å². The number of nitrogens with one attached hydrogen (secondary N) is 1. The fraction of sp³-hybridized carbons (Fsp3) is 0.615. The summed E-state index contributed by atoms with van der Waals surface area (Å²) in [6.07, 6.45) is 5.19. The van der Waals surface area contributed by atoms with Crippen LogP contribution in [0, 0.1) is 0 Å². The average molecular weight is 332 g/mol. The lowest BCUT2D eigenvalue weighted by atomic mass is 10.0. The van der Waals surface area contributed by atoms with Crippen molar-refractivity contribution in [3.63, 3.8) is 0 Å². The molecule has 100 valence electrons. The van der Waals surface area contributed by atoms with E-state index < -0.39 is 0 Å². The van der Waals surface area contributed by atoms with Gasteiger partial charge in [-0.2, -0.15) is 0 Å². The van der Waals surface area contributed by atoms with Crippen LogP contribution in [-0.4, -0.2) is 18.6 Å². The molecule has 1 saturated heterocycles. The molecule has 2 heterocycles. The van der Waals surface area contributed by atoms with Gasteiger partial charge >= 0.3 is 0 Å². The zero-order valence-corrected chi connectivity index (χ0v) is 12.7. The number of thiophene rings is 1. The van der Waals surface area contributed by atoms with Crippen molar-refractivity contribution >= 4 is 33.2 Å². The van der Waals surface area contributed by atoms with E-state index in [1.54, 1.807) is 11.3 Å². The Morgan fingerprint density at radius 1 is 1.56 bits per heavy atom. The van der Waals surface area contributed by atoms with E-state index in [4.69, 9.17) is 4.74 Å². The topological polar surface area (TPSA) is 38.3 Å². The third-order valence-corrected chi connectivity index (χ3v) is 5.03. The highest BCUT2D eigenvalue weighted by atomic mass is 79.9. The van der Waals surface area contributed by atoms with Crippen LogP contribution in [0.15, 0.2) is 15.9 Å². The molecule has 1 atom stereocenters. The van der Waals surface area contributed by atoms with Crippen LogP contribution in [0.4, 0.5) is 0 Å². The smallest absolute Gasteiger partial charge is 0.220 e. The zero-order valence-electron chi connectivity index (χ0n) is 10.3. The Labute approximate surface area is 120 Å². The molecule has 0 aliphatic carbocycles. The minimum atomic E-state index is 0.115. The predicted octanol–water partition coefficient (Wildman–Crippen LogP) is 3.48. The number of ether oxygens (including phenoxy) is 1. The van der Waals surface area contributed by atoms with Gasteiger partial charge in [0.15, 0.2) is 0 Å². The van der Waals surface area contributed by atoms with Gasteiger partial charge in [0.2, 0.25) is 5.91 Å². The molecule has 1 unspecified atom stereocenters. The summed E-state index contributed by atoms with van der Waals surface area (Å²) in [5.74, 6) is 0.115. The minimum Gasteiger partial charge on any atom is -0.378 e. The molecule has 1 aromatic heterocycles.